The van der Waals surface area contributed by atoms with E-state index in [9.17, 15) is 24.4 Å². The largest absolute Gasteiger partial charge is 0.465 e. The van der Waals surface area contributed by atoms with E-state index in [2.05, 4.69) is 20.1 Å². The van der Waals surface area contributed by atoms with Crippen LogP contribution in [-0.2, 0) is 23.4 Å². The number of rotatable bonds is 11. The smallest absolute Gasteiger partial charge is 0.459 e. The number of hydrogen-bond acceptors (Lipinski definition) is 12. The van der Waals surface area contributed by atoms with E-state index in [0.29, 0.717) is 0 Å². The number of aromatic nitrogens is 2. The highest BCUT2D eigenvalue weighted by Gasteiger charge is 2.56. The minimum Gasteiger partial charge on any atom is -0.465 e. The molecule has 0 spiro atoms. The van der Waals surface area contributed by atoms with Crippen LogP contribution in [0.3, 0.4) is 0 Å². The molecule has 16 nitrogen and oxygen atoms in total. The van der Waals surface area contributed by atoms with Crippen molar-refractivity contribution in [2.45, 2.75) is 44.1 Å². The van der Waals surface area contributed by atoms with E-state index in [4.69, 9.17) is 29.8 Å². The number of esters is 1. The van der Waals surface area contributed by atoms with E-state index in [1.54, 1.807) is 25.1 Å². The lowest BCUT2D eigenvalue weighted by atomic mass is 10.1. The van der Waals surface area contributed by atoms with Crippen molar-refractivity contribution in [1.29, 1.82) is 0 Å². The Bertz CT molecular complexity index is 1260. The summed E-state index contributed by atoms with van der Waals surface area (Å²) in [4.78, 5) is 30.5. The second-order valence-corrected chi connectivity index (χ2v) is 9.49. The highest BCUT2D eigenvalue weighted by molar-refractivity contribution is 7.52. The fraction of sp³-hybridized carbons (Fsp3) is 0.450. The van der Waals surface area contributed by atoms with Gasteiger partial charge in [-0.2, -0.15) is 10.1 Å². The molecule has 0 radical (unpaired) electrons. The van der Waals surface area contributed by atoms with Crippen molar-refractivity contribution in [2.75, 3.05) is 18.9 Å². The topological polar surface area (TPSA) is 233 Å². The summed E-state index contributed by atoms with van der Waals surface area (Å²) >= 11 is 0. The lowest BCUT2D eigenvalue weighted by molar-refractivity contribution is -0.144. The molecule has 1 aliphatic heterocycles. The van der Waals surface area contributed by atoms with Gasteiger partial charge in [-0.3, -0.25) is 13.9 Å². The van der Waals surface area contributed by atoms with Crippen molar-refractivity contribution < 1.29 is 38.1 Å². The Labute approximate surface area is 210 Å². The van der Waals surface area contributed by atoms with E-state index in [0.717, 1.165) is 10.8 Å². The SMILES string of the molecule is CCOC(=O)[C@@H](C)NP(=O)(OC[C@@]1(N=[N+]=[N-])O[C@@H](n2ccc(N)nc2=O)[C@H](O)[C@@H]1O)Oc1ccccc1. The third kappa shape index (κ3) is 6.45. The van der Waals surface area contributed by atoms with E-state index >= 15 is 0 Å². The molecule has 1 aromatic carbocycles. The molecular weight excluding hydrogens is 513 g/mol. The molecule has 1 saturated heterocycles. The molecule has 6 atom stereocenters. The number of nitrogens with two attached hydrogens (primary N) is 1. The van der Waals surface area contributed by atoms with Crippen molar-refractivity contribution in [3.8, 4) is 5.75 Å². The summed E-state index contributed by atoms with van der Waals surface area (Å²) in [5.41, 5.74) is 11.3. The maximum absolute atomic E-state index is 13.7. The fourth-order valence-electron chi connectivity index (χ4n) is 3.36. The number of para-hydroxylation sites is 1. The third-order valence-corrected chi connectivity index (χ3v) is 6.77. The Morgan fingerprint density at radius 3 is 2.73 bits per heavy atom. The lowest BCUT2D eigenvalue weighted by Crippen LogP contribution is -2.45. The molecule has 0 amide bonds. The number of carbonyl (C=O) groups excluding carboxylic acids is 1. The van der Waals surface area contributed by atoms with E-state index in [1.165, 1.54) is 25.1 Å². The number of hydrogen-bond donors (Lipinski definition) is 4. The van der Waals surface area contributed by atoms with Crippen LogP contribution in [0.4, 0.5) is 5.82 Å². The van der Waals surface area contributed by atoms with Crippen LogP contribution in [0.25, 0.3) is 10.4 Å². The molecule has 1 unspecified atom stereocenters. The van der Waals surface area contributed by atoms with Gasteiger partial charge in [-0.05, 0) is 37.6 Å². The van der Waals surface area contributed by atoms with Gasteiger partial charge in [-0.1, -0.05) is 23.3 Å². The standard InChI is InChI=1S/C20H26N7O9P/c1-3-33-18(30)12(2)24-37(32,36-13-7-5-4-6-8-13)34-11-20(25-26-22)16(29)15(28)17(35-20)27-10-9-14(21)23-19(27)31/h4-10,12,15-17,28-29H,3,11H2,1-2H3,(H,24,32)(H2,21,23,31)/t12-,15-,16+,17-,20-,37?/m1/s1. The van der Waals surface area contributed by atoms with Crippen LogP contribution in [-0.4, -0.2) is 62.9 Å². The Morgan fingerprint density at radius 2 is 2.11 bits per heavy atom. The van der Waals surface area contributed by atoms with Crippen molar-refractivity contribution in [3.05, 3.63) is 63.5 Å². The van der Waals surface area contributed by atoms with Crippen LogP contribution in [0.5, 0.6) is 5.75 Å². The van der Waals surface area contributed by atoms with Gasteiger partial charge < -0.3 is 29.9 Å². The molecule has 0 aliphatic carbocycles. The average Bonchev–Trinajstić information content (AvgIpc) is 3.09. The van der Waals surface area contributed by atoms with Crippen LogP contribution < -0.4 is 21.0 Å². The molecule has 17 heteroatoms. The molecule has 0 bridgehead atoms. The molecule has 1 fully saturated rings. The van der Waals surface area contributed by atoms with Crippen LogP contribution in [0.2, 0.25) is 0 Å². The van der Waals surface area contributed by atoms with Gasteiger partial charge in [0.1, 0.15) is 29.8 Å². The Balaban J connectivity index is 1.91. The van der Waals surface area contributed by atoms with Crippen LogP contribution in [0, 0.1) is 0 Å². The summed E-state index contributed by atoms with van der Waals surface area (Å²) in [5, 5.41) is 27.2. The first kappa shape index (κ1) is 28.1. The molecule has 3 rings (SSSR count). The van der Waals surface area contributed by atoms with E-state index in [-0.39, 0.29) is 18.2 Å². The maximum atomic E-state index is 13.7. The number of azide groups is 1. The predicted molar refractivity (Wildman–Crippen MR) is 127 cm³/mol. The summed E-state index contributed by atoms with van der Waals surface area (Å²) in [6.45, 7) is 2.07. The molecule has 1 aliphatic rings. The zero-order valence-corrected chi connectivity index (χ0v) is 20.7. The number of nitrogens with one attached hydrogen (secondary N) is 1. The van der Waals surface area contributed by atoms with Crippen LogP contribution in [0.1, 0.15) is 20.1 Å². The van der Waals surface area contributed by atoms with Crippen LogP contribution >= 0.6 is 7.75 Å². The van der Waals surface area contributed by atoms with Gasteiger partial charge in [0.25, 0.3) is 0 Å². The second-order valence-electron chi connectivity index (χ2n) is 7.80. The third-order valence-electron chi connectivity index (χ3n) is 5.14. The summed E-state index contributed by atoms with van der Waals surface area (Å²) < 4.78 is 35.9. The zero-order chi connectivity index (χ0) is 27.2. The van der Waals surface area contributed by atoms with Gasteiger partial charge in [0, 0.05) is 11.1 Å². The molecule has 0 saturated carbocycles. The molecule has 2 heterocycles. The molecule has 37 heavy (non-hydrogen) atoms. The summed E-state index contributed by atoms with van der Waals surface area (Å²) in [6, 6.07) is 7.89. The average molecular weight is 539 g/mol. The number of aliphatic hydroxyl groups is 2. The molecule has 5 N–H and O–H groups in total. The molecule has 1 aromatic heterocycles. The first-order chi connectivity index (χ1) is 17.5. The summed E-state index contributed by atoms with van der Waals surface area (Å²) in [6.07, 6.45) is -4.18. The monoisotopic (exact) mass is 539 g/mol. The summed E-state index contributed by atoms with van der Waals surface area (Å²) in [5.74, 6) is -0.757. The number of aliphatic hydroxyl groups excluding tert-OH is 2. The fourth-order valence-corrected chi connectivity index (χ4v) is 4.88. The first-order valence-electron chi connectivity index (χ1n) is 10.9. The van der Waals surface area contributed by atoms with Gasteiger partial charge in [0.15, 0.2) is 6.23 Å². The van der Waals surface area contributed by atoms with Gasteiger partial charge in [-0.15, -0.1) is 0 Å². The van der Waals surface area contributed by atoms with Gasteiger partial charge in [0.05, 0.1) is 13.2 Å². The number of benzene rings is 1. The maximum Gasteiger partial charge on any atom is 0.459 e. The molecule has 200 valence electrons. The second kappa shape index (κ2) is 11.7. The normalized spacial score (nSPS) is 25.5. The Kier molecular flexibility index (Phi) is 8.89. The van der Waals surface area contributed by atoms with Crippen molar-refractivity contribution in [3.63, 3.8) is 0 Å². The number of nitrogens with zero attached hydrogens (tertiary/aromatic N) is 5. The Hall–Kier alpha value is -3.49. The molecular formula is C20H26N7O9P. The number of ether oxygens (including phenoxy) is 2. The number of nitrogen functional groups attached to an aromatic ring is 1. The minimum absolute atomic E-state index is 0.0637. The lowest BCUT2D eigenvalue weighted by Gasteiger charge is -2.29. The Morgan fingerprint density at radius 1 is 1.41 bits per heavy atom. The number of carbonyl (C=O) groups is 1. The number of anilines is 1. The van der Waals surface area contributed by atoms with Crippen LogP contribution in [0.15, 0.2) is 52.5 Å². The highest BCUT2D eigenvalue weighted by atomic mass is 31.2. The van der Waals surface area contributed by atoms with Gasteiger partial charge in [0.2, 0.25) is 5.72 Å². The summed E-state index contributed by atoms with van der Waals surface area (Å²) in [7, 11) is -4.45. The highest BCUT2D eigenvalue weighted by Crippen LogP contribution is 2.48. The van der Waals surface area contributed by atoms with Crippen molar-refractivity contribution in [2.24, 2.45) is 5.11 Å². The van der Waals surface area contributed by atoms with Gasteiger partial charge in [-0.25, -0.2) is 9.36 Å². The van der Waals surface area contributed by atoms with E-state index in [1.807, 2.05) is 0 Å². The zero-order valence-electron chi connectivity index (χ0n) is 19.8. The van der Waals surface area contributed by atoms with Gasteiger partial charge >= 0.3 is 19.4 Å². The van der Waals surface area contributed by atoms with Crippen molar-refractivity contribution in [1.82, 2.24) is 14.6 Å². The minimum atomic E-state index is -4.45. The van der Waals surface area contributed by atoms with E-state index < -0.39 is 56.2 Å². The van der Waals surface area contributed by atoms with Crippen molar-refractivity contribution >= 4 is 19.5 Å². The predicted octanol–water partition coefficient (Wildman–Crippen LogP) is 0.828. The molecule has 2 aromatic rings. The first-order valence-corrected chi connectivity index (χ1v) is 12.5. The quantitative estimate of drug-likeness (QED) is 0.102.